The zero-order valence-corrected chi connectivity index (χ0v) is 14.0. The van der Waals surface area contributed by atoms with E-state index in [1.807, 2.05) is 18.2 Å². The quantitative estimate of drug-likeness (QED) is 0.906. The molecule has 2 atom stereocenters. The van der Waals surface area contributed by atoms with Crippen LogP contribution in [0.3, 0.4) is 0 Å². The molecule has 1 aliphatic carbocycles. The van der Waals surface area contributed by atoms with Crippen molar-refractivity contribution in [2.24, 2.45) is 11.8 Å². The van der Waals surface area contributed by atoms with Crippen LogP contribution < -0.4 is 0 Å². The van der Waals surface area contributed by atoms with Crippen molar-refractivity contribution >= 4 is 0 Å². The average Bonchev–Trinajstić information content (AvgIpc) is 3.17. The lowest BCUT2D eigenvalue weighted by Crippen LogP contribution is -2.53. The van der Waals surface area contributed by atoms with E-state index in [2.05, 4.69) is 17.0 Å². The summed E-state index contributed by atoms with van der Waals surface area (Å²) in [4.78, 5) is 2.52. The lowest BCUT2D eigenvalue weighted by atomic mass is 9.80. The lowest BCUT2D eigenvalue weighted by Gasteiger charge is -2.46. The first kappa shape index (κ1) is 15.6. The van der Waals surface area contributed by atoms with Crippen LogP contribution in [0.2, 0.25) is 0 Å². The van der Waals surface area contributed by atoms with Gasteiger partial charge < -0.3 is 14.7 Å². The Balaban J connectivity index is 1.49. The van der Waals surface area contributed by atoms with Crippen LogP contribution in [-0.4, -0.2) is 42.4 Å². The van der Waals surface area contributed by atoms with E-state index in [1.54, 1.807) is 0 Å². The molecule has 0 aromatic heterocycles. The van der Waals surface area contributed by atoms with Gasteiger partial charge in [-0.05, 0) is 56.2 Å². The van der Waals surface area contributed by atoms with E-state index in [-0.39, 0.29) is 0 Å². The zero-order chi connectivity index (χ0) is 15.7. The number of nitrogens with zero attached hydrogens (tertiary/aromatic N) is 1. The molecule has 1 aromatic rings. The van der Waals surface area contributed by atoms with Crippen LogP contribution >= 0.6 is 0 Å². The van der Waals surface area contributed by atoms with Crippen molar-refractivity contribution in [2.45, 2.75) is 50.2 Å². The molecule has 4 aliphatic rings. The Morgan fingerprint density at radius 1 is 1.04 bits per heavy atom. The predicted molar refractivity (Wildman–Crippen MR) is 91.2 cm³/mol. The summed E-state index contributed by atoms with van der Waals surface area (Å²) >= 11 is 0. The SMILES string of the molecule is O[C@](CO[C@H]1CN2CCC1CC2)(c1ccccc1)C1CCCC1. The van der Waals surface area contributed by atoms with E-state index < -0.39 is 5.60 Å². The fraction of sp³-hybridized carbons (Fsp3) is 0.700. The number of aliphatic hydroxyl groups is 1. The van der Waals surface area contributed by atoms with E-state index in [9.17, 15) is 5.11 Å². The van der Waals surface area contributed by atoms with Crippen molar-refractivity contribution in [1.29, 1.82) is 0 Å². The number of benzene rings is 1. The van der Waals surface area contributed by atoms with Gasteiger partial charge in [0.05, 0.1) is 12.7 Å². The molecule has 3 heteroatoms. The maximum absolute atomic E-state index is 11.5. The molecular formula is C20H29NO2. The Bertz CT molecular complexity index is 506. The van der Waals surface area contributed by atoms with Crippen LogP contribution in [0.5, 0.6) is 0 Å². The minimum absolute atomic E-state index is 0.314. The first-order valence-corrected chi connectivity index (χ1v) is 9.37. The van der Waals surface area contributed by atoms with Gasteiger partial charge >= 0.3 is 0 Å². The highest BCUT2D eigenvalue weighted by Gasteiger charge is 2.42. The lowest BCUT2D eigenvalue weighted by molar-refractivity contribution is -0.143. The van der Waals surface area contributed by atoms with E-state index in [4.69, 9.17) is 4.74 Å². The van der Waals surface area contributed by atoms with Crippen molar-refractivity contribution in [2.75, 3.05) is 26.2 Å². The largest absolute Gasteiger partial charge is 0.382 e. The second kappa shape index (κ2) is 6.54. The second-order valence-electron chi connectivity index (χ2n) is 7.76. The number of hydrogen-bond donors (Lipinski definition) is 1. The van der Waals surface area contributed by atoms with Crippen LogP contribution in [0.1, 0.15) is 44.1 Å². The van der Waals surface area contributed by atoms with Crippen molar-refractivity contribution in [3.63, 3.8) is 0 Å². The molecule has 0 radical (unpaired) electrons. The van der Waals surface area contributed by atoms with Gasteiger partial charge in [0, 0.05) is 6.54 Å². The van der Waals surface area contributed by atoms with Crippen LogP contribution in [0, 0.1) is 11.8 Å². The van der Waals surface area contributed by atoms with Crippen molar-refractivity contribution < 1.29 is 9.84 Å². The van der Waals surface area contributed by atoms with Gasteiger partial charge in [-0.15, -0.1) is 0 Å². The van der Waals surface area contributed by atoms with E-state index >= 15 is 0 Å². The molecule has 1 N–H and O–H groups in total. The molecule has 3 nitrogen and oxygen atoms in total. The Morgan fingerprint density at radius 2 is 1.74 bits per heavy atom. The standard InChI is InChI=1S/C20H29NO2/c22-20(18-8-4-5-9-18,17-6-2-1-3-7-17)15-23-19-14-21-12-10-16(19)11-13-21/h1-3,6-7,16,18-19,22H,4-5,8-15H2/t19-,20+/m0/s1. The molecule has 0 unspecified atom stereocenters. The molecule has 3 heterocycles. The maximum Gasteiger partial charge on any atom is 0.116 e. The molecular weight excluding hydrogens is 286 g/mol. The summed E-state index contributed by atoms with van der Waals surface area (Å²) in [7, 11) is 0. The van der Waals surface area contributed by atoms with Crippen molar-refractivity contribution in [3.8, 4) is 0 Å². The molecule has 3 aliphatic heterocycles. The predicted octanol–water partition coefficient (Wildman–Crippen LogP) is 3.18. The summed E-state index contributed by atoms with van der Waals surface area (Å²) in [5, 5.41) is 11.5. The normalized spacial score (nSPS) is 33.7. The number of rotatable bonds is 5. The Morgan fingerprint density at radius 3 is 2.35 bits per heavy atom. The third-order valence-electron chi connectivity index (χ3n) is 6.42. The minimum Gasteiger partial charge on any atom is -0.382 e. The van der Waals surface area contributed by atoms with Crippen molar-refractivity contribution in [3.05, 3.63) is 35.9 Å². The summed E-state index contributed by atoms with van der Waals surface area (Å²) in [6, 6.07) is 10.2. The number of ether oxygens (including phenoxy) is 1. The van der Waals surface area contributed by atoms with E-state index in [0.29, 0.717) is 24.5 Å². The molecule has 1 saturated carbocycles. The van der Waals surface area contributed by atoms with Gasteiger partial charge in [0.15, 0.2) is 0 Å². The fourth-order valence-electron chi connectivity index (χ4n) is 4.90. The smallest absolute Gasteiger partial charge is 0.116 e. The van der Waals surface area contributed by atoms with Gasteiger partial charge in [-0.25, -0.2) is 0 Å². The molecule has 0 amide bonds. The van der Waals surface area contributed by atoms with Crippen LogP contribution in [0.4, 0.5) is 0 Å². The first-order chi connectivity index (χ1) is 11.3. The third kappa shape index (κ3) is 3.07. The summed E-state index contributed by atoms with van der Waals surface area (Å²) in [5.74, 6) is 1.04. The second-order valence-corrected chi connectivity index (χ2v) is 7.76. The van der Waals surface area contributed by atoms with Gasteiger partial charge in [-0.2, -0.15) is 0 Å². The summed E-state index contributed by atoms with van der Waals surface area (Å²) in [6.07, 6.45) is 7.55. The maximum atomic E-state index is 11.5. The summed E-state index contributed by atoms with van der Waals surface area (Å²) in [6.45, 7) is 3.98. The average molecular weight is 315 g/mol. The van der Waals surface area contributed by atoms with Gasteiger partial charge in [-0.3, -0.25) is 0 Å². The fourth-order valence-corrected chi connectivity index (χ4v) is 4.90. The van der Waals surface area contributed by atoms with Crippen molar-refractivity contribution in [1.82, 2.24) is 4.90 Å². The highest BCUT2D eigenvalue weighted by atomic mass is 16.5. The van der Waals surface area contributed by atoms with Crippen LogP contribution in [0.25, 0.3) is 0 Å². The first-order valence-electron chi connectivity index (χ1n) is 9.37. The monoisotopic (exact) mass is 315 g/mol. The van der Waals surface area contributed by atoms with Crippen LogP contribution in [-0.2, 0) is 10.3 Å². The molecule has 0 spiro atoms. The molecule has 5 rings (SSSR count). The Hall–Kier alpha value is -0.900. The Kier molecular flexibility index (Phi) is 4.44. The number of hydrogen-bond acceptors (Lipinski definition) is 3. The summed E-state index contributed by atoms with van der Waals surface area (Å²) < 4.78 is 6.36. The van der Waals surface area contributed by atoms with Crippen LogP contribution in [0.15, 0.2) is 30.3 Å². The zero-order valence-electron chi connectivity index (χ0n) is 14.0. The topological polar surface area (TPSA) is 32.7 Å². The molecule has 4 fully saturated rings. The molecule has 3 saturated heterocycles. The highest BCUT2D eigenvalue weighted by molar-refractivity contribution is 5.24. The van der Waals surface area contributed by atoms with Gasteiger partial charge in [0.2, 0.25) is 0 Å². The van der Waals surface area contributed by atoms with E-state index in [1.165, 1.54) is 38.8 Å². The Labute approximate surface area is 139 Å². The molecule has 23 heavy (non-hydrogen) atoms. The van der Waals surface area contributed by atoms with Gasteiger partial charge in [0.25, 0.3) is 0 Å². The molecule has 2 bridgehead atoms. The minimum atomic E-state index is -0.816. The third-order valence-corrected chi connectivity index (χ3v) is 6.42. The molecule has 126 valence electrons. The molecule has 1 aromatic carbocycles. The number of piperidine rings is 3. The number of fused-ring (bicyclic) bond motifs is 3. The highest BCUT2D eigenvalue weighted by Crippen LogP contribution is 2.41. The van der Waals surface area contributed by atoms with E-state index in [0.717, 1.165) is 24.9 Å². The van der Waals surface area contributed by atoms with Gasteiger partial charge in [-0.1, -0.05) is 43.2 Å². The van der Waals surface area contributed by atoms with Gasteiger partial charge in [0.1, 0.15) is 5.60 Å². The summed E-state index contributed by atoms with van der Waals surface area (Å²) in [5.41, 5.74) is 0.220.